The average molecular weight is 519 g/mol. The molecular formula is C35H66O2. The molecular weight excluding hydrogens is 452 g/mol. The molecule has 1 aliphatic rings. The molecule has 1 rings (SSSR count). The van der Waals surface area contributed by atoms with Crippen LogP contribution in [0.5, 0.6) is 0 Å². The Bertz CT molecular complexity index is 497. The van der Waals surface area contributed by atoms with Crippen molar-refractivity contribution < 1.29 is 9.53 Å². The second kappa shape index (κ2) is 28.2. The Morgan fingerprint density at radius 2 is 0.811 bits per heavy atom. The Morgan fingerprint density at radius 1 is 0.486 bits per heavy atom. The van der Waals surface area contributed by atoms with Crippen molar-refractivity contribution in [1.82, 2.24) is 0 Å². The molecule has 2 nitrogen and oxygen atoms in total. The molecule has 0 aromatic rings. The normalized spacial score (nSPS) is 24.8. The molecule has 37 heavy (non-hydrogen) atoms. The standard InChI is InChI=1S/C35H66O2/c1-34-31-29-27-25-23-21-19-17-15-13-11-9-7-5-3-2-4-6-8-10-12-14-16-18-20-22-24-26-28-30-32-35(36)37-33-34/h15,17,34H,2-14,16,18-33H2,1H3. The van der Waals surface area contributed by atoms with Gasteiger partial charge in [0.15, 0.2) is 0 Å². The number of ether oxygens (including phenoxy) is 1. The number of cyclic esters (lactones) is 1. The van der Waals surface area contributed by atoms with E-state index in [1.165, 1.54) is 173 Å². The molecule has 0 bridgehead atoms. The van der Waals surface area contributed by atoms with Crippen molar-refractivity contribution in [2.75, 3.05) is 6.61 Å². The van der Waals surface area contributed by atoms with E-state index in [9.17, 15) is 4.79 Å². The lowest BCUT2D eigenvalue weighted by Gasteiger charge is -2.12. The van der Waals surface area contributed by atoms with Crippen molar-refractivity contribution in [1.29, 1.82) is 0 Å². The van der Waals surface area contributed by atoms with E-state index in [4.69, 9.17) is 4.74 Å². The molecule has 0 N–H and O–H groups in total. The maximum Gasteiger partial charge on any atom is 0.305 e. The summed E-state index contributed by atoms with van der Waals surface area (Å²) in [6.07, 6.45) is 43.6. The Hall–Kier alpha value is -0.790. The summed E-state index contributed by atoms with van der Waals surface area (Å²) in [7, 11) is 0. The number of hydrogen-bond acceptors (Lipinski definition) is 2. The highest BCUT2D eigenvalue weighted by Crippen LogP contribution is 2.16. The number of carbonyl (C=O) groups excluding carboxylic acids is 1. The third kappa shape index (κ3) is 26.6. The molecule has 1 atom stereocenters. The van der Waals surface area contributed by atoms with Crippen molar-refractivity contribution in [3.63, 3.8) is 0 Å². The smallest absolute Gasteiger partial charge is 0.305 e. The minimum Gasteiger partial charge on any atom is -0.465 e. The molecule has 0 aliphatic carbocycles. The summed E-state index contributed by atoms with van der Waals surface area (Å²) >= 11 is 0. The van der Waals surface area contributed by atoms with Gasteiger partial charge in [-0.1, -0.05) is 160 Å². The fourth-order valence-corrected chi connectivity index (χ4v) is 5.63. The van der Waals surface area contributed by atoms with Gasteiger partial charge in [0.05, 0.1) is 6.61 Å². The number of hydrogen-bond donors (Lipinski definition) is 0. The molecule has 0 spiro atoms. The molecule has 218 valence electrons. The van der Waals surface area contributed by atoms with Gasteiger partial charge in [0, 0.05) is 6.42 Å². The Balaban J connectivity index is 2.14. The van der Waals surface area contributed by atoms with Crippen LogP contribution in [-0.2, 0) is 9.53 Å². The van der Waals surface area contributed by atoms with Crippen LogP contribution in [0.25, 0.3) is 0 Å². The van der Waals surface area contributed by atoms with Crippen LogP contribution in [0.15, 0.2) is 12.2 Å². The van der Waals surface area contributed by atoms with E-state index in [-0.39, 0.29) is 5.97 Å². The minimum atomic E-state index is 0.0210. The van der Waals surface area contributed by atoms with E-state index in [0.29, 0.717) is 18.9 Å². The number of esters is 1. The molecule has 0 saturated heterocycles. The number of rotatable bonds is 0. The lowest BCUT2D eigenvalue weighted by molar-refractivity contribution is -0.145. The highest BCUT2D eigenvalue weighted by molar-refractivity contribution is 5.69. The van der Waals surface area contributed by atoms with E-state index in [0.717, 1.165) is 6.42 Å². The molecule has 1 unspecified atom stereocenters. The third-order valence-electron chi connectivity index (χ3n) is 8.26. The van der Waals surface area contributed by atoms with Crippen molar-refractivity contribution in [3.8, 4) is 0 Å². The highest BCUT2D eigenvalue weighted by atomic mass is 16.5. The molecule has 2 heteroatoms. The van der Waals surface area contributed by atoms with Crippen LogP contribution in [0.1, 0.15) is 193 Å². The summed E-state index contributed by atoms with van der Waals surface area (Å²) in [6.45, 7) is 2.85. The first-order valence-corrected chi connectivity index (χ1v) is 17.1. The first-order valence-electron chi connectivity index (χ1n) is 17.1. The zero-order chi connectivity index (χ0) is 26.5. The zero-order valence-electron chi connectivity index (χ0n) is 25.3. The molecule has 0 aromatic carbocycles. The largest absolute Gasteiger partial charge is 0.465 e. The second-order valence-corrected chi connectivity index (χ2v) is 12.2. The summed E-state index contributed by atoms with van der Waals surface area (Å²) in [5.74, 6) is 0.520. The minimum absolute atomic E-state index is 0.0210. The van der Waals surface area contributed by atoms with Crippen LogP contribution < -0.4 is 0 Å². The quantitative estimate of drug-likeness (QED) is 0.235. The highest BCUT2D eigenvalue weighted by Gasteiger charge is 2.07. The molecule has 0 fully saturated rings. The van der Waals surface area contributed by atoms with Gasteiger partial charge in [-0.15, -0.1) is 0 Å². The summed E-state index contributed by atoms with van der Waals surface area (Å²) in [5, 5.41) is 0. The molecule has 0 aromatic heterocycles. The molecule has 0 amide bonds. The fraction of sp³-hybridized carbons (Fsp3) is 0.914. The Morgan fingerprint density at radius 3 is 1.22 bits per heavy atom. The van der Waals surface area contributed by atoms with E-state index >= 15 is 0 Å². The van der Waals surface area contributed by atoms with Crippen molar-refractivity contribution in [3.05, 3.63) is 12.2 Å². The van der Waals surface area contributed by atoms with Gasteiger partial charge in [0.25, 0.3) is 0 Å². The van der Waals surface area contributed by atoms with Gasteiger partial charge < -0.3 is 4.74 Å². The van der Waals surface area contributed by atoms with Crippen LogP contribution in [0.3, 0.4) is 0 Å². The lowest BCUT2D eigenvalue weighted by atomic mass is 10.0. The monoisotopic (exact) mass is 519 g/mol. The van der Waals surface area contributed by atoms with Crippen molar-refractivity contribution in [2.24, 2.45) is 5.92 Å². The Kier molecular flexibility index (Phi) is 26.1. The van der Waals surface area contributed by atoms with Crippen LogP contribution in [-0.4, -0.2) is 12.6 Å². The molecule has 0 radical (unpaired) electrons. The van der Waals surface area contributed by atoms with Gasteiger partial charge in [-0.2, -0.15) is 0 Å². The van der Waals surface area contributed by atoms with Crippen LogP contribution in [0.2, 0.25) is 0 Å². The molecule has 0 saturated carbocycles. The van der Waals surface area contributed by atoms with Gasteiger partial charge >= 0.3 is 5.97 Å². The maximum absolute atomic E-state index is 12.0. The first kappa shape index (κ1) is 34.2. The van der Waals surface area contributed by atoms with E-state index in [1.54, 1.807) is 0 Å². The van der Waals surface area contributed by atoms with Crippen molar-refractivity contribution in [2.45, 2.75) is 193 Å². The van der Waals surface area contributed by atoms with E-state index in [2.05, 4.69) is 19.1 Å². The van der Waals surface area contributed by atoms with Gasteiger partial charge in [0.1, 0.15) is 0 Å². The third-order valence-corrected chi connectivity index (χ3v) is 8.26. The first-order chi connectivity index (χ1) is 18.3. The Labute approximate surface area is 233 Å². The van der Waals surface area contributed by atoms with E-state index in [1.807, 2.05) is 0 Å². The van der Waals surface area contributed by atoms with Crippen LogP contribution in [0.4, 0.5) is 0 Å². The SMILES string of the molecule is CC1CCCCCCCC=CCCCCCCCCCCCCCCCCCCCCCCC(=O)OC1. The fourth-order valence-electron chi connectivity index (χ4n) is 5.63. The predicted octanol–water partition coefficient (Wildman–Crippen LogP) is 12.0. The number of allylic oxidation sites excluding steroid dienone is 2. The van der Waals surface area contributed by atoms with Gasteiger partial charge in [-0.05, 0) is 44.4 Å². The summed E-state index contributed by atoms with van der Waals surface area (Å²) in [6, 6.07) is 0. The predicted molar refractivity (Wildman–Crippen MR) is 163 cm³/mol. The topological polar surface area (TPSA) is 26.3 Å². The zero-order valence-corrected chi connectivity index (χ0v) is 25.3. The summed E-state index contributed by atoms with van der Waals surface area (Å²) in [5.41, 5.74) is 0. The van der Waals surface area contributed by atoms with Gasteiger partial charge in [0.2, 0.25) is 0 Å². The summed E-state index contributed by atoms with van der Waals surface area (Å²) in [4.78, 5) is 12.0. The number of carbonyl (C=O) groups is 1. The molecule has 1 heterocycles. The van der Waals surface area contributed by atoms with Crippen LogP contribution >= 0.6 is 0 Å². The second-order valence-electron chi connectivity index (χ2n) is 12.2. The molecule has 1 aliphatic heterocycles. The van der Waals surface area contributed by atoms with Gasteiger partial charge in [-0.25, -0.2) is 0 Å². The maximum atomic E-state index is 12.0. The average Bonchev–Trinajstić information content (AvgIpc) is 2.90. The lowest BCUT2D eigenvalue weighted by Crippen LogP contribution is -2.11. The van der Waals surface area contributed by atoms with E-state index < -0.39 is 0 Å². The summed E-state index contributed by atoms with van der Waals surface area (Å²) < 4.78 is 5.54. The van der Waals surface area contributed by atoms with Crippen LogP contribution in [0, 0.1) is 5.92 Å². The van der Waals surface area contributed by atoms with Gasteiger partial charge in [-0.3, -0.25) is 4.79 Å². The van der Waals surface area contributed by atoms with Crippen molar-refractivity contribution >= 4 is 5.97 Å².